The molecule has 16 heteroatoms. The fourth-order valence-electron chi connectivity index (χ4n) is 3.56. The number of nitrogens with one attached hydrogen (secondary N) is 2. The van der Waals surface area contributed by atoms with Crippen molar-refractivity contribution in [1.82, 2.24) is 0 Å². The Kier molecular flexibility index (Phi) is 6.84. The summed E-state index contributed by atoms with van der Waals surface area (Å²) in [5.74, 6) is -4.35. The van der Waals surface area contributed by atoms with Gasteiger partial charge in [0.1, 0.15) is 0 Å². The molecule has 0 aromatic heterocycles. The third-order valence-corrected chi connectivity index (χ3v) is 5.48. The van der Waals surface area contributed by atoms with Gasteiger partial charge >= 0.3 is 24.3 Å². The van der Waals surface area contributed by atoms with Crippen LogP contribution >= 0.6 is 0 Å². The first-order valence-corrected chi connectivity index (χ1v) is 10.7. The third kappa shape index (κ3) is 5.20. The average Bonchev–Trinajstić information content (AvgIpc) is 3.16. The Labute approximate surface area is 216 Å². The van der Waals surface area contributed by atoms with E-state index in [-0.39, 0.29) is 23.4 Å². The molecule has 0 radical (unpaired) electrons. The number of amides is 2. The molecule has 1 heterocycles. The highest BCUT2D eigenvalue weighted by Crippen LogP contribution is 2.53. The van der Waals surface area contributed by atoms with E-state index in [1.54, 1.807) is 0 Å². The van der Waals surface area contributed by atoms with Crippen LogP contribution in [0.3, 0.4) is 0 Å². The average molecular weight is 582 g/mol. The van der Waals surface area contributed by atoms with E-state index in [0.29, 0.717) is 12.1 Å². The molecule has 2 amide bonds. The Bertz CT molecular complexity index is 1460. The molecule has 0 aliphatic carbocycles. The van der Waals surface area contributed by atoms with Crippen molar-refractivity contribution in [3.63, 3.8) is 0 Å². The maximum atomic E-state index is 15.0. The molecule has 0 fully saturated rings. The Morgan fingerprint density at radius 3 is 1.93 bits per heavy atom. The zero-order valence-corrected chi connectivity index (χ0v) is 19.2. The van der Waals surface area contributed by atoms with Crippen LogP contribution in [0, 0.1) is 5.82 Å². The number of benzene rings is 3. The number of rotatable bonds is 5. The van der Waals surface area contributed by atoms with Crippen molar-refractivity contribution >= 4 is 23.2 Å². The number of fused-ring (bicyclic) bond motifs is 1. The van der Waals surface area contributed by atoms with Crippen molar-refractivity contribution in [3.8, 4) is 11.5 Å². The number of hydrogen-bond donors (Lipinski definition) is 2. The van der Waals surface area contributed by atoms with Gasteiger partial charge in [-0.15, -0.1) is 8.78 Å². The molecule has 3 aromatic carbocycles. The zero-order valence-electron chi connectivity index (χ0n) is 19.2. The van der Waals surface area contributed by atoms with Crippen LogP contribution in [0.2, 0.25) is 0 Å². The summed E-state index contributed by atoms with van der Waals surface area (Å²) < 4.78 is 141. The molecule has 0 atom stereocenters. The molecule has 6 nitrogen and oxygen atoms in total. The second-order valence-corrected chi connectivity index (χ2v) is 8.14. The molecule has 4 rings (SSSR count). The normalized spacial score (nSPS) is 14.6. The summed E-state index contributed by atoms with van der Waals surface area (Å²) in [5.41, 5.74) is -9.40. The predicted molar refractivity (Wildman–Crippen MR) is 116 cm³/mol. The molecule has 1 aliphatic heterocycles. The first-order chi connectivity index (χ1) is 18.4. The van der Waals surface area contributed by atoms with Gasteiger partial charge in [-0.1, -0.05) is 18.2 Å². The Morgan fingerprint density at radius 2 is 1.32 bits per heavy atom. The van der Waals surface area contributed by atoms with Gasteiger partial charge in [-0.2, -0.15) is 26.3 Å². The zero-order chi connectivity index (χ0) is 29.7. The van der Waals surface area contributed by atoms with E-state index in [1.807, 2.05) is 5.32 Å². The lowest BCUT2D eigenvalue weighted by molar-refractivity contribution is -0.348. The van der Waals surface area contributed by atoms with Crippen LogP contribution in [0.4, 0.5) is 55.3 Å². The van der Waals surface area contributed by atoms with Gasteiger partial charge in [-0.3, -0.25) is 9.59 Å². The van der Waals surface area contributed by atoms with Crippen molar-refractivity contribution in [2.45, 2.75) is 24.3 Å². The lowest BCUT2D eigenvalue weighted by atomic mass is 9.94. The molecular formula is C24H12F10N2O4. The molecule has 0 unspecified atom stereocenters. The summed E-state index contributed by atoms with van der Waals surface area (Å²) in [6.07, 6.45) is -16.6. The molecule has 0 saturated heterocycles. The van der Waals surface area contributed by atoms with Crippen LogP contribution in [-0.4, -0.2) is 30.5 Å². The highest BCUT2D eigenvalue weighted by molar-refractivity contribution is 6.07. The molecule has 212 valence electrons. The van der Waals surface area contributed by atoms with E-state index in [4.69, 9.17) is 0 Å². The van der Waals surface area contributed by atoms with Crippen molar-refractivity contribution in [2.75, 3.05) is 10.6 Å². The topological polar surface area (TPSA) is 76.7 Å². The molecule has 40 heavy (non-hydrogen) atoms. The fourth-order valence-corrected chi connectivity index (χ4v) is 3.56. The predicted octanol–water partition coefficient (Wildman–Crippen LogP) is 6.94. The van der Waals surface area contributed by atoms with E-state index in [9.17, 15) is 53.5 Å². The van der Waals surface area contributed by atoms with E-state index in [1.165, 1.54) is 0 Å². The highest BCUT2D eigenvalue weighted by atomic mass is 19.4. The fraction of sp³-hybridized carbons (Fsp3) is 0.167. The third-order valence-electron chi connectivity index (χ3n) is 5.48. The van der Waals surface area contributed by atoms with Gasteiger partial charge in [0, 0.05) is 16.8 Å². The largest absolute Gasteiger partial charge is 0.586 e. The number of ether oxygens (including phenoxy) is 2. The standard InChI is InChI=1S/C24H12F10N2O4/c25-18-14(20(38)35-13-7-5-12(6-8-13)21(26,22(27,28)29)23(30,31)32)2-1-3-15(18)36-19(37)11-4-9-16-17(10-11)40-24(33,34)39-16/h1-10H,(H,35,38)(H,36,37). The smallest absolute Gasteiger partial charge is 0.395 e. The monoisotopic (exact) mass is 582 g/mol. The summed E-state index contributed by atoms with van der Waals surface area (Å²) in [7, 11) is 0. The van der Waals surface area contributed by atoms with E-state index in [2.05, 4.69) is 14.8 Å². The molecule has 0 spiro atoms. The van der Waals surface area contributed by atoms with Gasteiger partial charge < -0.3 is 20.1 Å². The molecule has 0 saturated carbocycles. The number of alkyl halides is 9. The second kappa shape index (κ2) is 9.60. The SMILES string of the molecule is O=C(Nc1cccc(C(=O)Nc2ccc(C(F)(C(F)(F)F)C(F)(F)F)cc2)c1F)c1ccc2c(c1)OC(F)(F)O2. The van der Waals surface area contributed by atoms with Crippen molar-refractivity contribution in [1.29, 1.82) is 0 Å². The van der Waals surface area contributed by atoms with Crippen molar-refractivity contribution < 1.29 is 63.0 Å². The maximum Gasteiger partial charge on any atom is 0.586 e. The van der Waals surface area contributed by atoms with Crippen LogP contribution in [0.5, 0.6) is 11.5 Å². The minimum absolute atomic E-state index is 0.158. The maximum absolute atomic E-state index is 15.0. The number of carbonyl (C=O) groups excluding carboxylic acids is 2. The van der Waals surface area contributed by atoms with E-state index in [0.717, 1.165) is 36.4 Å². The van der Waals surface area contributed by atoms with Crippen LogP contribution in [0.1, 0.15) is 26.3 Å². The number of anilines is 2. The molecule has 0 bridgehead atoms. The van der Waals surface area contributed by atoms with Gasteiger partial charge in [0.15, 0.2) is 17.3 Å². The van der Waals surface area contributed by atoms with E-state index >= 15 is 0 Å². The lowest BCUT2D eigenvalue weighted by Crippen LogP contribution is -2.50. The summed E-state index contributed by atoms with van der Waals surface area (Å²) in [6, 6.07) is 7.49. The van der Waals surface area contributed by atoms with Gasteiger partial charge in [-0.25, -0.2) is 8.78 Å². The summed E-state index contributed by atoms with van der Waals surface area (Å²) >= 11 is 0. The van der Waals surface area contributed by atoms with Crippen LogP contribution in [-0.2, 0) is 5.67 Å². The minimum Gasteiger partial charge on any atom is -0.395 e. The number of halogens is 10. The quantitative estimate of drug-likeness (QED) is 0.320. The van der Waals surface area contributed by atoms with E-state index < -0.39 is 70.2 Å². The van der Waals surface area contributed by atoms with Crippen LogP contribution in [0.25, 0.3) is 0 Å². The van der Waals surface area contributed by atoms with Gasteiger partial charge in [0.2, 0.25) is 0 Å². The summed E-state index contributed by atoms with van der Waals surface area (Å²) in [4.78, 5) is 25.0. The minimum atomic E-state index is -6.34. The first-order valence-electron chi connectivity index (χ1n) is 10.7. The number of hydrogen-bond acceptors (Lipinski definition) is 4. The first kappa shape index (κ1) is 28.5. The Balaban J connectivity index is 1.50. The van der Waals surface area contributed by atoms with Crippen LogP contribution in [0.15, 0.2) is 60.7 Å². The molecule has 1 aliphatic rings. The second-order valence-electron chi connectivity index (χ2n) is 8.14. The Hall–Kier alpha value is -4.50. The lowest BCUT2D eigenvalue weighted by Gasteiger charge is -2.30. The summed E-state index contributed by atoms with van der Waals surface area (Å²) in [5, 5.41) is 4.14. The van der Waals surface area contributed by atoms with Gasteiger partial charge in [0.25, 0.3) is 11.8 Å². The van der Waals surface area contributed by atoms with Crippen molar-refractivity contribution in [3.05, 3.63) is 83.2 Å². The van der Waals surface area contributed by atoms with Crippen LogP contribution < -0.4 is 20.1 Å². The Morgan fingerprint density at radius 1 is 0.725 bits per heavy atom. The number of carbonyl (C=O) groups is 2. The molecule has 2 N–H and O–H groups in total. The van der Waals surface area contributed by atoms with Gasteiger partial charge in [-0.05, 0) is 42.5 Å². The van der Waals surface area contributed by atoms with Gasteiger partial charge in [0.05, 0.1) is 11.3 Å². The summed E-state index contributed by atoms with van der Waals surface area (Å²) in [6.45, 7) is 0. The van der Waals surface area contributed by atoms with Crippen molar-refractivity contribution in [2.24, 2.45) is 0 Å². The molecular weight excluding hydrogens is 570 g/mol. The highest BCUT2D eigenvalue weighted by Gasteiger charge is 2.73. The molecule has 3 aromatic rings.